The smallest absolute Gasteiger partial charge is 0.359 e. The van der Waals surface area contributed by atoms with E-state index in [2.05, 4.69) is 12.0 Å². The third-order valence-corrected chi connectivity index (χ3v) is 6.19. The molecule has 2 aromatic carbocycles. The van der Waals surface area contributed by atoms with Crippen LogP contribution < -0.4 is 10.5 Å². The number of aryl methyl sites for hydroxylation is 1. The van der Waals surface area contributed by atoms with Crippen LogP contribution in [0.3, 0.4) is 0 Å². The molecule has 0 spiro atoms. The third-order valence-electron chi connectivity index (χ3n) is 6.19. The second-order valence-corrected chi connectivity index (χ2v) is 8.52. The number of benzene rings is 2. The number of ether oxygens (including phenoxy) is 1. The lowest BCUT2D eigenvalue weighted by molar-refractivity contribution is -0.134. The summed E-state index contributed by atoms with van der Waals surface area (Å²) in [5, 5.41) is 5.07. The SMILES string of the molecule is CCCCCn1nc(C(=O)OCC(=O)N2CCN(c3ccccc3F)CC2)c2ccccc2c1=O. The molecule has 35 heavy (non-hydrogen) atoms. The molecule has 1 aliphatic rings. The first-order valence-electron chi connectivity index (χ1n) is 11.9. The molecule has 1 amide bonds. The van der Waals surface area contributed by atoms with E-state index in [0.29, 0.717) is 49.2 Å². The number of unbranched alkanes of at least 4 members (excludes halogenated alkanes) is 2. The average Bonchev–Trinajstić information content (AvgIpc) is 2.89. The fourth-order valence-corrected chi connectivity index (χ4v) is 4.24. The molecule has 1 aromatic heterocycles. The molecule has 0 unspecified atom stereocenters. The van der Waals surface area contributed by atoms with Crippen molar-refractivity contribution in [2.24, 2.45) is 0 Å². The monoisotopic (exact) mass is 480 g/mol. The van der Waals surface area contributed by atoms with Gasteiger partial charge in [0, 0.05) is 38.1 Å². The molecule has 4 rings (SSSR count). The highest BCUT2D eigenvalue weighted by Crippen LogP contribution is 2.20. The normalized spacial score (nSPS) is 13.8. The summed E-state index contributed by atoms with van der Waals surface area (Å²) in [6.07, 6.45) is 2.71. The minimum atomic E-state index is -0.746. The maximum atomic E-state index is 14.0. The Morgan fingerprint density at radius 3 is 2.37 bits per heavy atom. The van der Waals surface area contributed by atoms with E-state index in [4.69, 9.17) is 4.74 Å². The highest BCUT2D eigenvalue weighted by atomic mass is 19.1. The van der Waals surface area contributed by atoms with Crippen LogP contribution in [0.25, 0.3) is 10.8 Å². The maximum Gasteiger partial charge on any atom is 0.359 e. The Labute approximate surface area is 202 Å². The van der Waals surface area contributed by atoms with Crippen molar-refractivity contribution in [2.45, 2.75) is 32.7 Å². The summed E-state index contributed by atoms with van der Waals surface area (Å²) >= 11 is 0. The predicted molar refractivity (Wildman–Crippen MR) is 131 cm³/mol. The van der Waals surface area contributed by atoms with Gasteiger partial charge in [0.15, 0.2) is 12.3 Å². The van der Waals surface area contributed by atoms with Gasteiger partial charge in [-0.05, 0) is 24.6 Å². The van der Waals surface area contributed by atoms with Crippen LogP contribution in [0.1, 0.15) is 36.7 Å². The molecule has 8 nitrogen and oxygen atoms in total. The summed E-state index contributed by atoms with van der Waals surface area (Å²) in [5.74, 6) is -1.37. The molecule has 0 N–H and O–H groups in total. The van der Waals surface area contributed by atoms with Gasteiger partial charge in [-0.2, -0.15) is 5.10 Å². The van der Waals surface area contributed by atoms with Gasteiger partial charge in [-0.1, -0.05) is 50.1 Å². The van der Waals surface area contributed by atoms with Crippen molar-refractivity contribution in [1.82, 2.24) is 14.7 Å². The van der Waals surface area contributed by atoms with Crippen LogP contribution in [0.2, 0.25) is 0 Å². The Kier molecular flexibility index (Phi) is 7.74. The third kappa shape index (κ3) is 5.50. The van der Waals surface area contributed by atoms with Gasteiger partial charge in [-0.15, -0.1) is 0 Å². The number of carbonyl (C=O) groups excluding carboxylic acids is 2. The topological polar surface area (TPSA) is 84.7 Å². The number of halogens is 1. The summed E-state index contributed by atoms with van der Waals surface area (Å²) in [4.78, 5) is 41.8. The first-order chi connectivity index (χ1) is 17.0. The van der Waals surface area contributed by atoms with Crippen molar-refractivity contribution in [1.29, 1.82) is 0 Å². The Morgan fingerprint density at radius 1 is 0.971 bits per heavy atom. The van der Waals surface area contributed by atoms with Crippen molar-refractivity contribution in [2.75, 3.05) is 37.7 Å². The lowest BCUT2D eigenvalue weighted by Crippen LogP contribution is -2.50. The average molecular weight is 481 g/mol. The Balaban J connectivity index is 1.41. The zero-order valence-corrected chi connectivity index (χ0v) is 19.8. The van der Waals surface area contributed by atoms with Crippen LogP contribution in [0.4, 0.5) is 10.1 Å². The van der Waals surface area contributed by atoms with E-state index in [9.17, 15) is 18.8 Å². The van der Waals surface area contributed by atoms with E-state index in [1.807, 2.05) is 4.90 Å². The van der Waals surface area contributed by atoms with E-state index in [1.54, 1.807) is 47.4 Å². The lowest BCUT2D eigenvalue weighted by atomic mass is 10.1. The lowest BCUT2D eigenvalue weighted by Gasteiger charge is -2.36. The Bertz CT molecular complexity index is 1270. The second-order valence-electron chi connectivity index (χ2n) is 8.52. The summed E-state index contributed by atoms with van der Waals surface area (Å²) in [7, 11) is 0. The van der Waals surface area contributed by atoms with Crippen LogP contribution in [-0.2, 0) is 16.1 Å². The number of piperazine rings is 1. The van der Waals surface area contributed by atoms with E-state index >= 15 is 0 Å². The zero-order valence-electron chi connectivity index (χ0n) is 19.8. The van der Waals surface area contributed by atoms with Gasteiger partial charge in [-0.3, -0.25) is 9.59 Å². The highest BCUT2D eigenvalue weighted by molar-refractivity contribution is 6.02. The second kappa shape index (κ2) is 11.1. The summed E-state index contributed by atoms with van der Waals surface area (Å²) in [5.41, 5.74) is 0.281. The number of carbonyl (C=O) groups is 2. The van der Waals surface area contributed by atoms with Crippen molar-refractivity contribution >= 4 is 28.3 Å². The summed E-state index contributed by atoms with van der Waals surface area (Å²) < 4.78 is 20.7. The van der Waals surface area contributed by atoms with Gasteiger partial charge in [0.05, 0.1) is 11.1 Å². The number of aromatic nitrogens is 2. The fourth-order valence-electron chi connectivity index (χ4n) is 4.24. The molecule has 0 aliphatic carbocycles. The number of rotatable bonds is 8. The zero-order chi connectivity index (χ0) is 24.8. The molecule has 0 radical (unpaired) electrons. The van der Waals surface area contributed by atoms with Gasteiger partial charge >= 0.3 is 5.97 Å². The summed E-state index contributed by atoms with van der Waals surface area (Å²) in [6, 6.07) is 13.3. The minimum absolute atomic E-state index is 0.0221. The number of nitrogens with zero attached hydrogens (tertiary/aromatic N) is 4. The van der Waals surface area contributed by atoms with Crippen molar-refractivity contribution in [3.8, 4) is 0 Å². The highest BCUT2D eigenvalue weighted by Gasteiger charge is 2.25. The molecule has 2 heterocycles. The van der Waals surface area contributed by atoms with Crippen LogP contribution in [0, 0.1) is 5.82 Å². The molecular formula is C26H29FN4O4. The molecule has 0 atom stereocenters. The molecule has 1 saturated heterocycles. The van der Waals surface area contributed by atoms with Crippen molar-refractivity contribution < 1.29 is 18.7 Å². The van der Waals surface area contributed by atoms with Gasteiger partial charge in [-0.25, -0.2) is 13.9 Å². The number of hydrogen-bond acceptors (Lipinski definition) is 6. The number of hydrogen-bond donors (Lipinski definition) is 0. The largest absolute Gasteiger partial charge is 0.451 e. The van der Waals surface area contributed by atoms with Gasteiger partial charge in [0.1, 0.15) is 5.82 Å². The van der Waals surface area contributed by atoms with Gasteiger partial charge in [0.25, 0.3) is 11.5 Å². The molecule has 0 bridgehead atoms. The fraction of sp³-hybridized carbons (Fsp3) is 0.385. The first-order valence-corrected chi connectivity index (χ1v) is 11.9. The van der Waals surface area contributed by atoms with E-state index < -0.39 is 12.6 Å². The van der Waals surface area contributed by atoms with E-state index in [1.165, 1.54) is 10.7 Å². The number of amides is 1. The molecular weight excluding hydrogens is 451 g/mol. The first kappa shape index (κ1) is 24.4. The minimum Gasteiger partial charge on any atom is -0.451 e. The van der Waals surface area contributed by atoms with Gasteiger partial charge < -0.3 is 14.5 Å². The molecule has 9 heteroatoms. The van der Waals surface area contributed by atoms with Crippen LogP contribution in [0.5, 0.6) is 0 Å². The standard InChI is InChI=1S/C26H29FN4O4/c1-2-3-8-13-31-25(33)20-10-5-4-9-19(20)24(28-31)26(34)35-18-23(32)30-16-14-29(15-17-30)22-12-7-6-11-21(22)27/h4-7,9-12H,2-3,8,13-18H2,1H3. The maximum absolute atomic E-state index is 14.0. The number of anilines is 1. The van der Waals surface area contributed by atoms with Gasteiger partial charge in [0.2, 0.25) is 0 Å². The Hall–Kier alpha value is -3.75. The van der Waals surface area contributed by atoms with Crippen LogP contribution in [-0.4, -0.2) is 59.3 Å². The number of para-hydroxylation sites is 1. The molecule has 184 valence electrons. The molecule has 3 aromatic rings. The summed E-state index contributed by atoms with van der Waals surface area (Å²) in [6.45, 7) is 3.80. The van der Waals surface area contributed by atoms with Crippen LogP contribution in [0.15, 0.2) is 53.3 Å². The van der Waals surface area contributed by atoms with Crippen molar-refractivity contribution in [3.05, 3.63) is 70.4 Å². The predicted octanol–water partition coefficient (Wildman–Crippen LogP) is 3.23. The van der Waals surface area contributed by atoms with Crippen LogP contribution >= 0.6 is 0 Å². The Morgan fingerprint density at radius 2 is 1.66 bits per heavy atom. The van der Waals surface area contributed by atoms with E-state index in [0.717, 1.165) is 19.3 Å². The number of fused-ring (bicyclic) bond motifs is 1. The molecule has 1 aliphatic heterocycles. The van der Waals surface area contributed by atoms with Crippen molar-refractivity contribution in [3.63, 3.8) is 0 Å². The molecule has 1 fully saturated rings. The molecule has 0 saturated carbocycles. The number of esters is 1. The quantitative estimate of drug-likeness (QED) is 0.364. The van der Waals surface area contributed by atoms with E-state index in [-0.39, 0.29) is 23.0 Å².